The van der Waals surface area contributed by atoms with E-state index in [9.17, 15) is 18.5 Å². The first-order valence-electron chi connectivity index (χ1n) is 9.12. The lowest BCUT2D eigenvalue weighted by atomic mass is 9.97. The molecule has 3 aromatic rings. The van der Waals surface area contributed by atoms with Gasteiger partial charge in [0.05, 0.1) is 22.6 Å². The van der Waals surface area contributed by atoms with Gasteiger partial charge in [-0.3, -0.25) is 10.1 Å². The lowest BCUT2D eigenvalue weighted by Gasteiger charge is -2.35. The van der Waals surface area contributed by atoms with Crippen LogP contribution in [0.5, 0.6) is 5.75 Å². The van der Waals surface area contributed by atoms with Crippen molar-refractivity contribution in [2.24, 2.45) is 0 Å². The van der Waals surface area contributed by atoms with E-state index in [-0.39, 0.29) is 10.6 Å². The van der Waals surface area contributed by atoms with Crippen LogP contribution in [0.2, 0.25) is 0 Å². The Morgan fingerprint density at radius 3 is 2.20 bits per heavy atom. The zero-order chi connectivity index (χ0) is 21.3. The van der Waals surface area contributed by atoms with Crippen molar-refractivity contribution in [3.05, 3.63) is 106 Å². The number of anilines is 1. The van der Waals surface area contributed by atoms with Gasteiger partial charge >= 0.3 is 0 Å². The third-order valence-corrected chi connectivity index (χ3v) is 6.73. The molecule has 0 unspecified atom stereocenters. The van der Waals surface area contributed by atoms with Crippen LogP contribution in [-0.2, 0) is 10.0 Å². The second-order valence-corrected chi connectivity index (χ2v) is 8.49. The molecule has 0 N–H and O–H groups in total. The molecular formula is C22H18N2O5S. The van der Waals surface area contributed by atoms with Crippen molar-refractivity contribution >= 4 is 21.8 Å². The van der Waals surface area contributed by atoms with Gasteiger partial charge in [-0.2, -0.15) is 0 Å². The van der Waals surface area contributed by atoms with Crippen LogP contribution in [-0.4, -0.2) is 20.5 Å². The minimum Gasteiger partial charge on any atom is -0.497 e. The van der Waals surface area contributed by atoms with Crippen LogP contribution in [0.15, 0.2) is 89.5 Å². The first kappa shape index (κ1) is 19.7. The summed E-state index contributed by atoms with van der Waals surface area (Å²) in [6.45, 7) is 0. The fraction of sp³-hybridized carbons (Fsp3) is 0.0909. The normalized spacial score (nSPS) is 15.8. The number of ether oxygens (including phenoxy) is 1. The fourth-order valence-electron chi connectivity index (χ4n) is 3.53. The highest BCUT2D eigenvalue weighted by Gasteiger charge is 2.43. The lowest BCUT2D eigenvalue weighted by molar-refractivity contribution is -0.428. The number of benzene rings is 3. The Morgan fingerprint density at radius 2 is 1.57 bits per heavy atom. The van der Waals surface area contributed by atoms with E-state index in [0.29, 0.717) is 22.6 Å². The predicted octanol–water partition coefficient (Wildman–Crippen LogP) is 4.26. The van der Waals surface area contributed by atoms with Gasteiger partial charge in [0.2, 0.25) is 0 Å². The number of nitrogens with zero attached hydrogens (tertiary/aromatic N) is 2. The highest BCUT2D eigenvalue weighted by atomic mass is 32.2. The van der Waals surface area contributed by atoms with Gasteiger partial charge in [0.1, 0.15) is 5.75 Å². The van der Waals surface area contributed by atoms with E-state index in [1.165, 1.54) is 25.3 Å². The number of hydrogen-bond acceptors (Lipinski definition) is 5. The van der Waals surface area contributed by atoms with Crippen molar-refractivity contribution in [1.82, 2.24) is 0 Å². The van der Waals surface area contributed by atoms with Gasteiger partial charge < -0.3 is 4.74 Å². The van der Waals surface area contributed by atoms with E-state index in [2.05, 4.69) is 0 Å². The molecule has 1 aliphatic rings. The van der Waals surface area contributed by atoms with Crippen molar-refractivity contribution < 1.29 is 18.1 Å². The minimum atomic E-state index is -4.13. The van der Waals surface area contributed by atoms with E-state index in [1.807, 2.05) is 0 Å². The van der Waals surface area contributed by atoms with E-state index in [4.69, 9.17) is 4.74 Å². The summed E-state index contributed by atoms with van der Waals surface area (Å²) in [6.07, 6.45) is 1.44. The summed E-state index contributed by atoms with van der Waals surface area (Å²) in [6, 6.07) is 20.2. The molecule has 152 valence electrons. The first-order valence-corrected chi connectivity index (χ1v) is 10.6. The molecule has 4 rings (SSSR count). The van der Waals surface area contributed by atoms with Gasteiger partial charge in [0.25, 0.3) is 15.7 Å². The quantitative estimate of drug-likeness (QED) is 0.453. The zero-order valence-electron chi connectivity index (χ0n) is 16.0. The Morgan fingerprint density at radius 1 is 0.933 bits per heavy atom. The van der Waals surface area contributed by atoms with Crippen molar-refractivity contribution in [3.8, 4) is 5.75 Å². The van der Waals surface area contributed by atoms with E-state index < -0.39 is 21.0 Å². The predicted molar refractivity (Wildman–Crippen MR) is 113 cm³/mol. The Balaban J connectivity index is 1.97. The Bertz CT molecular complexity index is 1220. The second-order valence-electron chi connectivity index (χ2n) is 6.67. The smallest absolute Gasteiger partial charge is 0.274 e. The number of nitro groups is 1. The van der Waals surface area contributed by atoms with Crippen LogP contribution in [0.25, 0.3) is 6.08 Å². The van der Waals surface area contributed by atoms with Crippen LogP contribution in [0.1, 0.15) is 17.2 Å². The van der Waals surface area contributed by atoms with E-state index >= 15 is 0 Å². The number of sulfonamides is 1. The second kappa shape index (κ2) is 7.64. The van der Waals surface area contributed by atoms with Gasteiger partial charge in [0, 0.05) is 11.6 Å². The van der Waals surface area contributed by atoms with Crippen LogP contribution in [0.3, 0.4) is 0 Å². The Hall–Kier alpha value is -3.65. The summed E-state index contributed by atoms with van der Waals surface area (Å²) in [5, 5.41) is 11.9. The highest BCUT2D eigenvalue weighted by Crippen LogP contribution is 2.44. The molecular weight excluding hydrogens is 404 g/mol. The molecule has 0 spiro atoms. The fourth-order valence-corrected chi connectivity index (χ4v) is 5.17. The van der Waals surface area contributed by atoms with Crippen LogP contribution >= 0.6 is 0 Å². The third-order valence-electron chi connectivity index (χ3n) is 4.93. The van der Waals surface area contributed by atoms with Gasteiger partial charge in [-0.1, -0.05) is 48.5 Å². The van der Waals surface area contributed by atoms with Crippen molar-refractivity contribution in [3.63, 3.8) is 0 Å². The summed E-state index contributed by atoms with van der Waals surface area (Å²) in [4.78, 5) is 11.4. The van der Waals surface area contributed by atoms with Crippen LogP contribution in [0.4, 0.5) is 5.69 Å². The molecule has 0 radical (unpaired) electrons. The average molecular weight is 422 g/mol. The zero-order valence-corrected chi connectivity index (χ0v) is 16.8. The Labute approximate surface area is 174 Å². The van der Waals surface area contributed by atoms with Gasteiger partial charge in [-0.05, 0) is 35.9 Å². The van der Waals surface area contributed by atoms with Crippen molar-refractivity contribution in [2.45, 2.75) is 10.9 Å². The van der Waals surface area contributed by atoms with Gasteiger partial charge in [-0.15, -0.1) is 0 Å². The molecule has 30 heavy (non-hydrogen) atoms. The number of fused-ring (bicyclic) bond motifs is 1. The summed E-state index contributed by atoms with van der Waals surface area (Å²) in [5.41, 5.74) is 1.14. The molecule has 1 atom stereocenters. The summed E-state index contributed by atoms with van der Waals surface area (Å²) < 4.78 is 33.7. The minimum absolute atomic E-state index is 0.0173. The molecule has 3 aromatic carbocycles. The van der Waals surface area contributed by atoms with Crippen molar-refractivity contribution in [1.29, 1.82) is 0 Å². The first-order chi connectivity index (χ1) is 14.4. The summed E-state index contributed by atoms with van der Waals surface area (Å²) >= 11 is 0. The SMILES string of the molecule is COc1ccc(S(=O)(=O)N2c3ccccc3C=C([N+](=O)[O-])[C@@H]2c2ccccc2)cc1. The number of hydrogen-bond donors (Lipinski definition) is 0. The third kappa shape index (κ3) is 3.31. The molecule has 0 bridgehead atoms. The number of methoxy groups -OCH3 is 1. The van der Waals surface area contributed by atoms with Gasteiger partial charge in [0.15, 0.2) is 6.04 Å². The number of para-hydroxylation sites is 1. The molecule has 0 amide bonds. The summed E-state index contributed by atoms with van der Waals surface area (Å²) in [7, 11) is -2.64. The molecule has 7 nitrogen and oxygen atoms in total. The molecule has 0 saturated carbocycles. The summed E-state index contributed by atoms with van der Waals surface area (Å²) in [5.74, 6) is 0.512. The average Bonchev–Trinajstić information content (AvgIpc) is 2.78. The Kier molecular flexibility index (Phi) is 5.01. The highest BCUT2D eigenvalue weighted by molar-refractivity contribution is 7.92. The maximum atomic E-state index is 13.7. The topological polar surface area (TPSA) is 89.8 Å². The van der Waals surface area contributed by atoms with Gasteiger partial charge in [-0.25, -0.2) is 12.7 Å². The molecule has 1 aliphatic heterocycles. The standard InChI is InChI=1S/C22H18N2O5S/c1-29-18-11-13-19(14-12-18)30(27,28)23-20-10-6-5-9-17(20)15-21(24(25)26)22(23)16-7-3-2-4-8-16/h2-15,22H,1H3/t22-/m0/s1. The van der Waals surface area contributed by atoms with E-state index in [1.54, 1.807) is 66.7 Å². The molecule has 0 fully saturated rings. The largest absolute Gasteiger partial charge is 0.497 e. The number of rotatable bonds is 5. The molecule has 8 heteroatoms. The lowest BCUT2D eigenvalue weighted by Crippen LogP contribution is -2.39. The van der Waals surface area contributed by atoms with Crippen LogP contribution in [0, 0.1) is 10.1 Å². The maximum Gasteiger partial charge on any atom is 0.274 e. The van der Waals surface area contributed by atoms with Crippen molar-refractivity contribution in [2.75, 3.05) is 11.4 Å². The molecule has 0 aliphatic carbocycles. The molecule has 0 aromatic heterocycles. The monoisotopic (exact) mass is 422 g/mol. The maximum absolute atomic E-state index is 13.7. The molecule has 0 saturated heterocycles. The van der Waals surface area contributed by atoms with Crippen LogP contribution < -0.4 is 9.04 Å². The van der Waals surface area contributed by atoms with E-state index in [0.717, 1.165) is 4.31 Å². The molecule has 1 heterocycles.